The first-order valence-corrected chi connectivity index (χ1v) is 8.71. The predicted octanol–water partition coefficient (Wildman–Crippen LogP) is 4.62. The van der Waals surface area contributed by atoms with Crippen LogP contribution in [0.4, 0.5) is 0 Å². The van der Waals surface area contributed by atoms with Crippen LogP contribution in [0.3, 0.4) is 0 Å². The highest BCUT2D eigenvalue weighted by atomic mass is 16.3. The molecule has 0 aromatic heterocycles. The van der Waals surface area contributed by atoms with Crippen LogP contribution < -0.4 is 0 Å². The van der Waals surface area contributed by atoms with Gasteiger partial charge in [-0.15, -0.1) is 0 Å². The van der Waals surface area contributed by atoms with E-state index in [4.69, 9.17) is 0 Å². The second-order valence-corrected chi connectivity index (χ2v) is 6.15. The summed E-state index contributed by atoms with van der Waals surface area (Å²) >= 11 is 0. The summed E-state index contributed by atoms with van der Waals surface area (Å²) in [5.41, 5.74) is 2.67. The van der Waals surface area contributed by atoms with Gasteiger partial charge in [0.1, 0.15) is 5.75 Å². The number of hydrogen-bond donors (Lipinski definition) is 1. The standard InChI is InChI=1S/C22H23NO2/c1-3-23(4-2)22(25)18-11-9-16(10-12-18)15-19-14-13-17-7-5-6-8-20(17)21(19)24/h5-14,24H,3-4,15H2,1-2H3. The van der Waals surface area contributed by atoms with Gasteiger partial charge >= 0.3 is 0 Å². The lowest BCUT2D eigenvalue weighted by molar-refractivity contribution is 0.0773. The molecule has 0 bridgehead atoms. The number of hydrogen-bond acceptors (Lipinski definition) is 2. The molecule has 0 radical (unpaired) electrons. The first-order chi connectivity index (χ1) is 12.1. The van der Waals surface area contributed by atoms with E-state index in [1.54, 1.807) is 0 Å². The Balaban J connectivity index is 1.82. The van der Waals surface area contributed by atoms with Crippen LogP contribution in [0, 0.1) is 0 Å². The minimum Gasteiger partial charge on any atom is -0.507 e. The van der Waals surface area contributed by atoms with E-state index in [1.165, 1.54) is 0 Å². The van der Waals surface area contributed by atoms with Crippen LogP contribution in [0.1, 0.15) is 35.3 Å². The van der Waals surface area contributed by atoms with Gasteiger partial charge in [-0.1, -0.05) is 48.5 Å². The molecule has 3 nitrogen and oxygen atoms in total. The lowest BCUT2D eigenvalue weighted by atomic mass is 9.99. The zero-order valence-corrected chi connectivity index (χ0v) is 14.7. The maximum absolute atomic E-state index is 12.4. The van der Waals surface area contributed by atoms with Crippen molar-refractivity contribution >= 4 is 16.7 Å². The summed E-state index contributed by atoms with van der Waals surface area (Å²) in [4.78, 5) is 14.2. The number of rotatable bonds is 5. The van der Waals surface area contributed by atoms with Gasteiger partial charge in [-0.3, -0.25) is 4.79 Å². The molecule has 0 aliphatic rings. The molecule has 25 heavy (non-hydrogen) atoms. The lowest BCUT2D eigenvalue weighted by Gasteiger charge is -2.18. The molecule has 0 unspecified atom stereocenters. The third-order valence-corrected chi connectivity index (χ3v) is 4.63. The van der Waals surface area contributed by atoms with Crippen LogP contribution in [0.2, 0.25) is 0 Å². The van der Waals surface area contributed by atoms with Crippen molar-refractivity contribution in [2.75, 3.05) is 13.1 Å². The average Bonchev–Trinajstić information content (AvgIpc) is 2.66. The third kappa shape index (κ3) is 3.50. The number of nitrogens with zero attached hydrogens (tertiary/aromatic N) is 1. The monoisotopic (exact) mass is 333 g/mol. The topological polar surface area (TPSA) is 40.5 Å². The molecular formula is C22H23NO2. The smallest absolute Gasteiger partial charge is 0.253 e. The van der Waals surface area contributed by atoms with Gasteiger partial charge in [0.2, 0.25) is 0 Å². The van der Waals surface area contributed by atoms with Gasteiger partial charge in [0.05, 0.1) is 0 Å². The van der Waals surface area contributed by atoms with Crippen LogP contribution in [-0.4, -0.2) is 29.0 Å². The molecule has 3 aromatic rings. The summed E-state index contributed by atoms with van der Waals surface area (Å²) in [5.74, 6) is 0.395. The molecule has 1 N–H and O–H groups in total. The van der Waals surface area contributed by atoms with Gasteiger partial charge in [-0.2, -0.15) is 0 Å². The number of carbonyl (C=O) groups excluding carboxylic acids is 1. The number of phenolic OH excluding ortho intramolecular Hbond substituents is 1. The molecule has 3 heteroatoms. The van der Waals surface area contributed by atoms with Gasteiger partial charge in [0.15, 0.2) is 0 Å². The molecular weight excluding hydrogens is 310 g/mol. The van der Waals surface area contributed by atoms with Crippen LogP contribution >= 0.6 is 0 Å². The van der Waals surface area contributed by atoms with Crippen molar-refractivity contribution in [2.24, 2.45) is 0 Å². The molecule has 3 aromatic carbocycles. The van der Waals surface area contributed by atoms with Gasteiger partial charge < -0.3 is 10.0 Å². The first-order valence-electron chi connectivity index (χ1n) is 8.71. The molecule has 0 aliphatic heterocycles. The Bertz CT molecular complexity index is 880. The van der Waals surface area contributed by atoms with Crippen molar-refractivity contribution in [1.82, 2.24) is 4.90 Å². The third-order valence-electron chi connectivity index (χ3n) is 4.63. The van der Waals surface area contributed by atoms with Crippen LogP contribution in [0.15, 0.2) is 60.7 Å². The maximum Gasteiger partial charge on any atom is 0.253 e. The van der Waals surface area contributed by atoms with Gasteiger partial charge in [-0.25, -0.2) is 0 Å². The SMILES string of the molecule is CCN(CC)C(=O)c1ccc(Cc2ccc3ccccc3c2O)cc1. The van der Waals surface area contributed by atoms with E-state index in [0.717, 1.165) is 21.9 Å². The number of benzene rings is 3. The average molecular weight is 333 g/mol. The van der Waals surface area contributed by atoms with Gasteiger partial charge in [0.25, 0.3) is 5.91 Å². The Morgan fingerprint density at radius 3 is 2.28 bits per heavy atom. The molecule has 0 heterocycles. The van der Waals surface area contributed by atoms with Crippen LogP contribution in [0.25, 0.3) is 10.8 Å². The Hall–Kier alpha value is -2.81. The predicted molar refractivity (Wildman–Crippen MR) is 102 cm³/mol. The van der Waals surface area contributed by atoms with E-state index in [1.807, 2.05) is 79.4 Å². The fraction of sp³-hybridized carbons (Fsp3) is 0.227. The van der Waals surface area contributed by atoms with E-state index >= 15 is 0 Å². The van der Waals surface area contributed by atoms with Crippen LogP contribution in [0.5, 0.6) is 5.75 Å². The fourth-order valence-electron chi connectivity index (χ4n) is 3.12. The van der Waals surface area contributed by atoms with E-state index in [2.05, 4.69) is 0 Å². The minimum absolute atomic E-state index is 0.0603. The molecule has 0 saturated heterocycles. The van der Waals surface area contributed by atoms with Crippen molar-refractivity contribution < 1.29 is 9.90 Å². The highest BCUT2D eigenvalue weighted by Crippen LogP contribution is 2.30. The largest absolute Gasteiger partial charge is 0.507 e. The zero-order chi connectivity index (χ0) is 17.8. The molecule has 0 aliphatic carbocycles. The number of amides is 1. The Kier molecular flexibility index (Phi) is 5.03. The van der Waals surface area contributed by atoms with Gasteiger partial charge in [0, 0.05) is 30.5 Å². The van der Waals surface area contributed by atoms with Crippen molar-refractivity contribution in [1.29, 1.82) is 0 Å². The number of carbonyl (C=O) groups is 1. The zero-order valence-electron chi connectivity index (χ0n) is 14.7. The summed E-state index contributed by atoms with van der Waals surface area (Å²) in [6, 6.07) is 19.5. The lowest BCUT2D eigenvalue weighted by Crippen LogP contribution is -2.30. The Morgan fingerprint density at radius 1 is 0.920 bits per heavy atom. The number of phenols is 1. The van der Waals surface area contributed by atoms with Crippen molar-refractivity contribution in [3.8, 4) is 5.75 Å². The summed E-state index contributed by atoms with van der Waals surface area (Å²) in [6.45, 7) is 5.39. The first kappa shape index (κ1) is 17.0. The van der Waals surface area contributed by atoms with Crippen molar-refractivity contribution in [2.45, 2.75) is 20.3 Å². The second kappa shape index (κ2) is 7.39. The minimum atomic E-state index is 0.0603. The number of fused-ring (bicyclic) bond motifs is 1. The van der Waals surface area contributed by atoms with Crippen LogP contribution in [-0.2, 0) is 6.42 Å². The van der Waals surface area contributed by atoms with E-state index < -0.39 is 0 Å². The normalized spacial score (nSPS) is 10.8. The highest BCUT2D eigenvalue weighted by molar-refractivity contribution is 5.94. The van der Waals surface area contributed by atoms with E-state index in [0.29, 0.717) is 30.8 Å². The summed E-state index contributed by atoms with van der Waals surface area (Å²) in [7, 11) is 0. The molecule has 0 spiro atoms. The summed E-state index contributed by atoms with van der Waals surface area (Å²) < 4.78 is 0. The van der Waals surface area contributed by atoms with Crippen molar-refractivity contribution in [3.05, 3.63) is 77.4 Å². The Morgan fingerprint density at radius 2 is 1.60 bits per heavy atom. The van der Waals surface area contributed by atoms with Gasteiger partial charge in [-0.05, 0) is 42.5 Å². The quantitative estimate of drug-likeness (QED) is 0.740. The Labute approximate surface area is 148 Å². The molecule has 128 valence electrons. The molecule has 1 amide bonds. The molecule has 0 fully saturated rings. The molecule has 0 atom stereocenters. The van der Waals surface area contributed by atoms with E-state index in [-0.39, 0.29) is 5.91 Å². The maximum atomic E-state index is 12.4. The second-order valence-electron chi connectivity index (χ2n) is 6.15. The van der Waals surface area contributed by atoms with Crippen molar-refractivity contribution in [3.63, 3.8) is 0 Å². The van der Waals surface area contributed by atoms with E-state index in [9.17, 15) is 9.90 Å². The fourth-order valence-corrected chi connectivity index (χ4v) is 3.12. The number of aromatic hydroxyl groups is 1. The summed E-state index contributed by atoms with van der Waals surface area (Å²) in [6.07, 6.45) is 0.635. The highest BCUT2D eigenvalue weighted by Gasteiger charge is 2.12. The molecule has 0 saturated carbocycles. The molecule has 3 rings (SSSR count). The summed E-state index contributed by atoms with van der Waals surface area (Å²) in [5, 5.41) is 12.4.